The summed E-state index contributed by atoms with van der Waals surface area (Å²) >= 11 is 4.66. The number of pyridine rings is 1. The summed E-state index contributed by atoms with van der Waals surface area (Å²) < 4.78 is 5.49. The minimum absolute atomic E-state index is 0.158. The predicted molar refractivity (Wildman–Crippen MR) is 157 cm³/mol. The second-order valence-electron chi connectivity index (χ2n) is 9.25. The van der Waals surface area contributed by atoms with Gasteiger partial charge in [-0.15, -0.1) is 22.7 Å². The van der Waals surface area contributed by atoms with Crippen LogP contribution in [0.5, 0.6) is 0 Å². The zero-order valence-electron chi connectivity index (χ0n) is 21.5. The van der Waals surface area contributed by atoms with Gasteiger partial charge in [0.25, 0.3) is 0 Å². The standard InChI is InChI=1S/C30H34N2O2S3/c1-2-3-4-5-6-7-8-9-16-34-27(33)21-37-30-25(20-31)28(26-13-11-18-36-26)24-15-14-22(29(24)32-30)19-23-12-10-17-35-23/h10-13,17-19H,2-9,14-16,21H2,1H3/b22-19-. The normalized spacial score (nSPS) is 13.6. The number of fused-ring (bicyclic) bond motifs is 1. The van der Waals surface area contributed by atoms with Gasteiger partial charge < -0.3 is 4.74 Å². The fourth-order valence-electron chi connectivity index (χ4n) is 4.67. The second kappa shape index (κ2) is 14.5. The molecule has 7 heteroatoms. The topological polar surface area (TPSA) is 63.0 Å². The number of carbonyl (C=O) groups is 1. The van der Waals surface area contributed by atoms with Crippen LogP contribution in [-0.4, -0.2) is 23.3 Å². The third-order valence-corrected chi connectivity index (χ3v) is 9.20. The molecule has 3 aromatic heterocycles. The van der Waals surface area contributed by atoms with Crippen LogP contribution in [0, 0.1) is 11.3 Å². The first-order chi connectivity index (χ1) is 18.2. The number of ether oxygens (including phenoxy) is 1. The highest BCUT2D eigenvalue weighted by molar-refractivity contribution is 7.99. The van der Waals surface area contributed by atoms with E-state index >= 15 is 0 Å². The molecule has 1 aliphatic rings. The first kappa shape index (κ1) is 27.6. The van der Waals surface area contributed by atoms with E-state index in [1.54, 1.807) is 22.7 Å². The van der Waals surface area contributed by atoms with E-state index in [2.05, 4.69) is 42.6 Å². The summed E-state index contributed by atoms with van der Waals surface area (Å²) in [5.41, 5.74) is 4.85. The van der Waals surface area contributed by atoms with Gasteiger partial charge >= 0.3 is 5.97 Å². The van der Waals surface area contributed by atoms with E-state index in [4.69, 9.17) is 9.72 Å². The van der Waals surface area contributed by atoms with Gasteiger partial charge in [0.15, 0.2) is 0 Å². The summed E-state index contributed by atoms with van der Waals surface area (Å²) in [6.45, 7) is 2.70. The molecule has 4 nitrogen and oxygen atoms in total. The molecule has 3 aromatic rings. The van der Waals surface area contributed by atoms with Crippen molar-refractivity contribution < 1.29 is 9.53 Å². The van der Waals surface area contributed by atoms with E-state index < -0.39 is 0 Å². The van der Waals surface area contributed by atoms with Crippen molar-refractivity contribution in [2.24, 2.45) is 0 Å². The number of carbonyl (C=O) groups excluding carboxylic acids is 1. The van der Waals surface area contributed by atoms with Crippen molar-refractivity contribution in [3.8, 4) is 16.5 Å². The molecule has 0 amide bonds. The fraction of sp³-hybridized carbons (Fsp3) is 0.433. The molecular weight excluding hydrogens is 517 g/mol. The monoisotopic (exact) mass is 550 g/mol. The summed E-state index contributed by atoms with van der Waals surface area (Å²) in [7, 11) is 0. The number of thioether (sulfide) groups is 1. The maximum absolute atomic E-state index is 12.5. The highest BCUT2D eigenvalue weighted by Crippen LogP contribution is 2.44. The number of unbranched alkanes of at least 4 members (excludes halogenated alkanes) is 7. The molecule has 0 saturated carbocycles. The molecule has 0 fully saturated rings. The van der Waals surface area contributed by atoms with Crippen molar-refractivity contribution in [1.29, 1.82) is 5.26 Å². The van der Waals surface area contributed by atoms with Gasteiger partial charge in [-0.1, -0.05) is 75.8 Å². The highest BCUT2D eigenvalue weighted by Gasteiger charge is 2.28. The van der Waals surface area contributed by atoms with E-state index in [0.717, 1.165) is 47.4 Å². The van der Waals surface area contributed by atoms with Crippen LogP contribution in [0.15, 0.2) is 40.1 Å². The maximum atomic E-state index is 12.5. The van der Waals surface area contributed by atoms with Gasteiger partial charge in [-0.2, -0.15) is 5.26 Å². The summed E-state index contributed by atoms with van der Waals surface area (Å²) in [4.78, 5) is 19.7. The fourth-order valence-corrected chi connectivity index (χ4v) is 6.94. The van der Waals surface area contributed by atoms with Crippen LogP contribution < -0.4 is 0 Å². The minimum atomic E-state index is -0.244. The smallest absolute Gasteiger partial charge is 0.316 e. The van der Waals surface area contributed by atoms with Crippen molar-refractivity contribution in [3.63, 3.8) is 0 Å². The number of rotatable bonds is 14. The van der Waals surface area contributed by atoms with E-state index in [-0.39, 0.29) is 11.7 Å². The largest absolute Gasteiger partial charge is 0.465 e. The van der Waals surface area contributed by atoms with Crippen LogP contribution in [0.25, 0.3) is 22.1 Å². The van der Waals surface area contributed by atoms with E-state index in [1.807, 2.05) is 11.4 Å². The highest BCUT2D eigenvalue weighted by atomic mass is 32.2. The summed E-state index contributed by atoms with van der Waals surface area (Å²) in [6.07, 6.45) is 13.7. The van der Waals surface area contributed by atoms with Crippen molar-refractivity contribution >= 4 is 52.1 Å². The van der Waals surface area contributed by atoms with Crippen LogP contribution in [0.4, 0.5) is 0 Å². The van der Waals surface area contributed by atoms with Crippen LogP contribution in [0.2, 0.25) is 0 Å². The summed E-state index contributed by atoms with van der Waals surface area (Å²) in [6, 6.07) is 10.6. The molecule has 4 rings (SSSR count). The Hall–Kier alpha value is -2.40. The molecule has 0 unspecified atom stereocenters. The quantitative estimate of drug-likeness (QED) is 0.114. The van der Waals surface area contributed by atoms with E-state index in [9.17, 15) is 10.1 Å². The molecule has 0 N–H and O–H groups in total. The van der Waals surface area contributed by atoms with Crippen molar-refractivity contribution in [3.05, 3.63) is 56.7 Å². The first-order valence-electron chi connectivity index (χ1n) is 13.2. The third kappa shape index (κ3) is 7.56. The number of nitrogens with zero attached hydrogens (tertiary/aromatic N) is 2. The molecule has 0 radical (unpaired) electrons. The lowest BCUT2D eigenvalue weighted by Crippen LogP contribution is -2.09. The molecule has 0 atom stereocenters. The molecule has 3 heterocycles. The molecule has 37 heavy (non-hydrogen) atoms. The lowest BCUT2D eigenvalue weighted by molar-refractivity contribution is -0.140. The Balaban J connectivity index is 1.42. The number of thiophene rings is 2. The van der Waals surface area contributed by atoms with Crippen molar-refractivity contribution in [1.82, 2.24) is 4.98 Å². The average molecular weight is 551 g/mol. The van der Waals surface area contributed by atoms with Gasteiger partial charge in [0.1, 0.15) is 11.1 Å². The van der Waals surface area contributed by atoms with Crippen LogP contribution in [0.1, 0.15) is 86.4 Å². The minimum Gasteiger partial charge on any atom is -0.465 e. The molecule has 0 saturated heterocycles. The molecule has 0 aromatic carbocycles. The van der Waals surface area contributed by atoms with Gasteiger partial charge in [0.2, 0.25) is 0 Å². The molecule has 0 aliphatic heterocycles. The Labute approximate surface area is 232 Å². The van der Waals surface area contributed by atoms with Crippen LogP contribution >= 0.6 is 34.4 Å². The first-order valence-corrected chi connectivity index (χ1v) is 16.0. The SMILES string of the molecule is CCCCCCCCCCOC(=O)CSc1nc2c(c(-c3cccs3)c1C#N)CC/C2=C/c1cccs1. The molecule has 0 bridgehead atoms. The Morgan fingerprint density at radius 2 is 1.84 bits per heavy atom. The van der Waals surface area contributed by atoms with E-state index in [0.29, 0.717) is 17.2 Å². The lowest BCUT2D eigenvalue weighted by atomic mass is 10.0. The van der Waals surface area contributed by atoms with Gasteiger partial charge in [-0.05, 0) is 59.4 Å². The van der Waals surface area contributed by atoms with Crippen LogP contribution in [0.3, 0.4) is 0 Å². The maximum Gasteiger partial charge on any atom is 0.316 e. The number of hydrogen-bond donors (Lipinski definition) is 0. The summed E-state index contributed by atoms with van der Waals surface area (Å²) in [5.74, 6) is -0.0862. The van der Waals surface area contributed by atoms with Gasteiger partial charge in [-0.3, -0.25) is 4.79 Å². The average Bonchev–Trinajstić information content (AvgIpc) is 3.69. The third-order valence-electron chi connectivity index (χ3n) is 6.54. The number of aromatic nitrogens is 1. The lowest BCUT2D eigenvalue weighted by Gasteiger charge is -2.13. The predicted octanol–water partition coefficient (Wildman–Crippen LogP) is 9.01. The Kier molecular flexibility index (Phi) is 10.8. The molecular formula is C30H34N2O2S3. The Morgan fingerprint density at radius 1 is 1.08 bits per heavy atom. The van der Waals surface area contributed by atoms with Gasteiger partial charge in [0, 0.05) is 15.3 Å². The summed E-state index contributed by atoms with van der Waals surface area (Å²) in [5, 5.41) is 14.9. The zero-order valence-corrected chi connectivity index (χ0v) is 23.9. The second-order valence-corrected chi connectivity index (χ2v) is 12.1. The molecule has 194 valence electrons. The number of hydrogen-bond acceptors (Lipinski definition) is 7. The number of esters is 1. The van der Waals surface area contributed by atoms with Crippen molar-refractivity contribution in [2.75, 3.05) is 12.4 Å². The van der Waals surface area contributed by atoms with Gasteiger partial charge in [-0.25, -0.2) is 4.98 Å². The van der Waals surface area contributed by atoms with Gasteiger partial charge in [0.05, 0.1) is 23.6 Å². The Morgan fingerprint density at radius 3 is 2.54 bits per heavy atom. The number of nitriles is 1. The van der Waals surface area contributed by atoms with Crippen LogP contribution in [-0.2, 0) is 16.0 Å². The molecule has 0 spiro atoms. The number of allylic oxidation sites excluding steroid dienone is 1. The molecule has 1 aliphatic carbocycles. The van der Waals surface area contributed by atoms with E-state index in [1.165, 1.54) is 60.7 Å². The van der Waals surface area contributed by atoms with Crippen molar-refractivity contribution in [2.45, 2.75) is 76.2 Å². The zero-order chi connectivity index (χ0) is 25.9. The Bertz CT molecular complexity index is 1220.